The van der Waals surface area contributed by atoms with E-state index in [1.165, 1.54) is 6.26 Å². The highest BCUT2D eigenvalue weighted by atomic mass is 127. The number of nitrogens with one attached hydrogen (secondary N) is 2. The topological polar surface area (TPSA) is 82.8 Å². The molecule has 0 unspecified atom stereocenters. The van der Waals surface area contributed by atoms with E-state index in [1.54, 1.807) is 23.5 Å². The van der Waals surface area contributed by atoms with Crippen molar-refractivity contribution in [3.05, 3.63) is 70.1 Å². The highest BCUT2D eigenvalue weighted by molar-refractivity contribution is 14.0. The van der Waals surface area contributed by atoms with Crippen molar-refractivity contribution in [2.24, 2.45) is 4.99 Å². The van der Waals surface area contributed by atoms with Crippen LogP contribution in [0.15, 0.2) is 57.5 Å². The van der Waals surface area contributed by atoms with Crippen LogP contribution in [0.5, 0.6) is 0 Å². The molecule has 30 heavy (non-hydrogen) atoms. The molecule has 1 amide bonds. The SMILES string of the molecule is CCNC(=NCc1ccc(NC(=O)c2ccco2)cc1)N(C)Cc1csc(C)n1.I. The summed E-state index contributed by atoms with van der Waals surface area (Å²) in [4.78, 5) is 23.3. The van der Waals surface area contributed by atoms with Gasteiger partial charge in [0.05, 0.1) is 30.1 Å². The molecule has 0 spiro atoms. The molecule has 0 aliphatic rings. The first-order valence-electron chi connectivity index (χ1n) is 9.39. The lowest BCUT2D eigenvalue weighted by Crippen LogP contribution is -2.38. The van der Waals surface area contributed by atoms with Crippen LogP contribution in [0.3, 0.4) is 0 Å². The molecule has 0 saturated carbocycles. The van der Waals surface area contributed by atoms with E-state index in [0.29, 0.717) is 18.8 Å². The van der Waals surface area contributed by atoms with Gasteiger partial charge in [0.1, 0.15) is 0 Å². The number of aliphatic imine (C=N–C) groups is 1. The molecule has 0 fully saturated rings. The Morgan fingerprint density at radius 3 is 2.63 bits per heavy atom. The molecule has 0 aliphatic carbocycles. The molecule has 160 valence electrons. The minimum atomic E-state index is -0.269. The van der Waals surface area contributed by atoms with Crippen LogP contribution in [0, 0.1) is 6.92 Å². The summed E-state index contributed by atoms with van der Waals surface area (Å²) in [6.07, 6.45) is 1.48. The maximum atomic E-state index is 12.0. The summed E-state index contributed by atoms with van der Waals surface area (Å²) in [7, 11) is 2.00. The van der Waals surface area contributed by atoms with Gasteiger partial charge in [-0.2, -0.15) is 0 Å². The third kappa shape index (κ3) is 6.84. The molecule has 7 nitrogen and oxygen atoms in total. The summed E-state index contributed by atoms with van der Waals surface area (Å²) in [5, 5.41) is 9.27. The Kier molecular flexibility index (Phi) is 9.31. The van der Waals surface area contributed by atoms with E-state index >= 15 is 0 Å². The van der Waals surface area contributed by atoms with E-state index in [-0.39, 0.29) is 35.6 Å². The van der Waals surface area contributed by atoms with Crippen LogP contribution in [-0.4, -0.2) is 35.3 Å². The Hall–Kier alpha value is -2.40. The van der Waals surface area contributed by atoms with E-state index in [2.05, 4.69) is 25.9 Å². The summed E-state index contributed by atoms with van der Waals surface area (Å²) >= 11 is 1.65. The van der Waals surface area contributed by atoms with Gasteiger partial charge in [0.2, 0.25) is 0 Å². The van der Waals surface area contributed by atoms with Crippen LogP contribution in [0.2, 0.25) is 0 Å². The average Bonchev–Trinajstić information content (AvgIpc) is 3.38. The molecule has 3 rings (SSSR count). The van der Waals surface area contributed by atoms with E-state index in [1.807, 2.05) is 45.2 Å². The first-order chi connectivity index (χ1) is 14.0. The number of anilines is 1. The van der Waals surface area contributed by atoms with Gasteiger partial charge in [-0.25, -0.2) is 9.98 Å². The number of amides is 1. The number of aryl methyl sites for hydroxylation is 1. The van der Waals surface area contributed by atoms with Crippen LogP contribution in [0.25, 0.3) is 0 Å². The molecule has 0 atom stereocenters. The minimum Gasteiger partial charge on any atom is -0.459 e. The molecule has 2 N–H and O–H groups in total. The largest absolute Gasteiger partial charge is 0.459 e. The second-order valence-electron chi connectivity index (χ2n) is 6.51. The van der Waals surface area contributed by atoms with Crippen LogP contribution in [-0.2, 0) is 13.1 Å². The molecule has 0 radical (unpaired) electrons. The van der Waals surface area contributed by atoms with Gasteiger partial charge < -0.3 is 20.0 Å². The molecule has 1 aromatic carbocycles. The zero-order chi connectivity index (χ0) is 20.6. The number of guanidine groups is 1. The van der Waals surface area contributed by atoms with Crippen molar-refractivity contribution in [1.82, 2.24) is 15.2 Å². The van der Waals surface area contributed by atoms with Crippen LogP contribution in [0.1, 0.15) is 33.7 Å². The zero-order valence-corrected chi connectivity index (χ0v) is 20.4. The molecule has 0 aliphatic heterocycles. The maximum Gasteiger partial charge on any atom is 0.291 e. The number of hydrogen-bond acceptors (Lipinski definition) is 5. The quantitative estimate of drug-likeness (QED) is 0.262. The molecular formula is C21H26IN5O2S. The lowest BCUT2D eigenvalue weighted by atomic mass is 10.2. The standard InChI is InChI=1S/C21H25N5O2S.HI/c1-4-22-21(26(3)13-18-14-29-15(2)24-18)23-12-16-7-9-17(10-8-16)25-20(27)19-6-5-11-28-19;/h5-11,14H,4,12-13H2,1-3H3,(H,22,23)(H,25,27);1H. The molecule has 2 aromatic heterocycles. The molecule has 0 saturated heterocycles. The summed E-state index contributed by atoms with van der Waals surface area (Å²) in [5.41, 5.74) is 2.80. The van der Waals surface area contributed by atoms with Crippen molar-refractivity contribution in [3.8, 4) is 0 Å². The third-order valence-corrected chi connectivity index (χ3v) is 4.95. The van der Waals surface area contributed by atoms with Gasteiger partial charge >= 0.3 is 0 Å². The first kappa shape index (κ1) is 23.9. The zero-order valence-electron chi connectivity index (χ0n) is 17.2. The van der Waals surface area contributed by atoms with Gasteiger partial charge in [0, 0.05) is 24.7 Å². The van der Waals surface area contributed by atoms with Crippen LogP contribution < -0.4 is 10.6 Å². The molecular weight excluding hydrogens is 513 g/mol. The Morgan fingerprint density at radius 2 is 2.03 bits per heavy atom. The lowest BCUT2D eigenvalue weighted by Gasteiger charge is -2.21. The number of furan rings is 1. The predicted octanol–water partition coefficient (Wildman–Crippen LogP) is 4.51. The fourth-order valence-corrected chi connectivity index (χ4v) is 3.33. The number of thiazole rings is 1. The summed E-state index contributed by atoms with van der Waals surface area (Å²) in [5.74, 6) is 0.842. The summed E-state index contributed by atoms with van der Waals surface area (Å²) < 4.78 is 5.10. The van der Waals surface area contributed by atoms with Crippen molar-refractivity contribution in [2.45, 2.75) is 26.9 Å². The third-order valence-electron chi connectivity index (χ3n) is 4.13. The fraction of sp³-hybridized carbons (Fsp3) is 0.286. The van der Waals surface area contributed by atoms with Gasteiger partial charge in [0.15, 0.2) is 11.7 Å². The van der Waals surface area contributed by atoms with Gasteiger partial charge in [0.25, 0.3) is 5.91 Å². The van der Waals surface area contributed by atoms with E-state index in [9.17, 15) is 4.79 Å². The molecule has 0 bridgehead atoms. The smallest absolute Gasteiger partial charge is 0.291 e. The Bertz CT molecular complexity index is 954. The minimum absolute atomic E-state index is 0. The number of nitrogens with zero attached hydrogens (tertiary/aromatic N) is 3. The Morgan fingerprint density at radius 1 is 1.27 bits per heavy atom. The van der Waals surface area contributed by atoms with E-state index in [0.717, 1.165) is 28.8 Å². The van der Waals surface area contributed by atoms with E-state index < -0.39 is 0 Å². The van der Waals surface area contributed by atoms with Crippen molar-refractivity contribution < 1.29 is 9.21 Å². The second kappa shape index (κ2) is 11.7. The van der Waals surface area contributed by atoms with Gasteiger partial charge in [-0.1, -0.05) is 12.1 Å². The van der Waals surface area contributed by atoms with Gasteiger partial charge in [-0.3, -0.25) is 4.79 Å². The van der Waals surface area contributed by atoms with Crippen molar-refractivity contribution >= 4 is 52.9 Å². The average molecular weight is 539 g/mol. The van der Waals surface area contributed by atoms with Crippen molar-refractivity contribution in [3.63, 3.8) is 0 Å². The van der Waals surface area contributed by atoms with Crippen LogP contribution >= 0.6 is 35.3 Å². The fourth-order valence-electron chi connectivity index (χ4n) is 2.73. The lowest BCUT2D eigenvalue weighted by molar-refractivity contribution is 0.0996. The number of carbonyl (C=O) groups excluding carboxylic acids is 1. The number of halogens is 1. The number of carbonyl (C=O) groups is 1. The molecule has 9 heteroatoms. The number of rotatable bonds is 7. The highest BCUT2D eigenvalue weighted by Gasteiger charge is 2.10. The van der Waals surface area contributed by atoms with Gasteiger partial charge in [-0.15, -0.1) is 35.3 Å². The summed E-state index contributed by atoms with van der Waals surface area (Å²) in [6.45, 7) is 6.08. The van der Waals surface area contributed by atoms with Crippen molar-refractivity contribution in [1.29, 1.82) is 0 Å². The van der Waals surface area contributed by atoms with Gasteiger partial charge in [-0.05, 0) is 43.7 Å². The molecule has 2 heterocycles. The maximum absolute atomic E-state index is 12.0. The Balaban J connectivity index is 0.00000320. The molecule has 3 aromatic rings. The monoisotopic (exact) mass is 539 g/mol. The number of hydrogen-bond donors (Lipinski definition) is 2. The number of aromatic nitrogens is 1. The second-order valence-corrected chi connectivity index (χ2v) is 7.57. The van der Waals surface area contributed by atoms with Crippen LogP contribution in [0.4, 0.5) is 5.69 Å². The first-order valence-corrected chi connectivity index (χ1v) is 10.3. The van der Waals surface area contributed by atoms with E-state index in [4.69, 9.17) is 9.41 Å². The highest BCUT2D eigenvalue weighted by Crippen LogP contribution is 2.13. The predicted molar refractivity (Wildman–Crippen MR) is 132 cm³/mol. The number of benzene rings is 1. The normalized spacial score (nSPS) is 11.0. The summed E-state index contributed by atoms with van der Waals surface area (Å²) in [6, 6.07) is 10.9. The Labute approximate surface area is 197 Å². The van der Waals surface area contributed by atoms with Crippen molar-refractivity contribution in [2.75, 3.05) is 18.9 Å².